The van der Waals surface area contributed by atoms with Crippen molar-refractivity contribution in [3.8, 4) is 0 Å². The van der Waals surface area contributed by atoms with E-state index in [0.29, 0.717) is 24.5 Å². The molecule has 21 heavy (non-hydrogen) atoms. The Hall–Kier alpha value is -1.85. The van der Waals surface area contributed by atoms with Crippen molar-refractivity contribution in [3.05, 3.63) is 35.6 Å². The molecule has 1 N–H and O–H groups in total. The van der Waals surface area contributed by atoms with E-state index in [0.717, 1.165) is 10.9 Å². The van der Waals surface area contributed by atoms with E-state index in [2.05, 4.69) is 0 Å². The first-order valence-corrected chi connectivity index (χ1v) is 7.12. The zero-order chi connectivity index (χ0) is 15.0. The Morgan fingerprint density at radius 3 is 3.00 bits per heavy atom. The molecule has 5 nitrogen and oxygen atoms in total. The summed E-state index contributed by atoms with van der Waals surface area (Å²) in [5.74, 6) is 0.180. The van der Waals surface area contributed by atoms with E-state index < -0.39 is 0 Å². The third-order valence-corrected chi connectivity index (χ3v) is 3.85. The number of morpholine rings is 1. The lowest BCUT2D eigenvalue weighted by molar-refractivity contribution is -0.0673. The second-order valence-electron chi connectivity index (χ2n) is 5.60. The lowest BCUT2D eigenvalue weighted by Crippen LogP contribution is -2.51. The summed E-state index contributed by atoms with van der Waals surface area (Å²) in [7, 11) is 0. The summed E-state index contributed by atoms with van der Waals surface area (Å²) < 4.78 is 11.1. The van der Waals surface area contributed by atoms with E-state index in [4.69, 9.17) is 9.15 Å². The average Bonchev–Trinajstić information content (AvgIpc) is 2.90. The van der Waals surface area contributed by atoms with E-state index in [-0.39, 0.29) is 24.7 Å². The minimum absolute atomic E-state index is 0.0322. The van der Waals surface area contributed by atoms with Gasteiger partial charge in [0.25, 0.3) is 5.91 Å². The van der Waals surface area contributed by atoms with Crippen LogP contribution in [0.1, 0.15) is 23.0 Å². The van der Waals surface area contributed by atoms with Crippen molar-refractivity contribution in [2.24, 2.45) is 0 Å². The lowest BCUT2D eigenvalue weighted by atomic mass is 10.1. The molecular formula is C16H19NO4. The van der Waals surface area contributed by atoms with Crippen LogP contribution in [0.25, 0.3) is 11.0 Å². The Labute approximate surface area is 123 Å². The first-order chi connectivity index (χ1) is 10.1. The molecule has 1 aromatic carbocycles. The van der Waals surface area contributed by atoms with Crippen LogP contribution < -0.4 is 0 Å². The van der Waals surface area contributed by atoms with E-state index in [1.165, 1.54) is 0 Å². The minimum Gasteiger partial charge on any atom is -0.451 e. The summed E-state index contributed by atoms with van der Waals surface area (Å²) in [4.78, 5) is 14.3. The zero-order valence-electron chi connectivity index (χ0n) is 12.2. The second kappa shape index (κ2) is 5.50. The number of hydrogen-bond donors (Lipinski definition) is 1. The third kappa shape index (κ3) is 2.66. The van der Waals surface area contributed by atoms with Gasteiger partial charge in [-0.25, -0.2) is 0 Å². The van der Waals surface area contributed by atoms with E-state index in [1.807, 2.05) is 32.0 Å². The zero-order valence-corrected chi connectivity index (χ0v) is 12.2. The molecule has 2 unspecified atom stereocenters. The van der Waals surface area contributed by atoms with Gasteiger partial charge in [-0.2, -0.15) is 0 Å². The Bertz CT molecular complexity index is 663. The normalized spacial score (nSPS) is 22.7. The van der Waals surface area contributed by atoms with Gasteiger partial charge in [0, 0.05) is 11.9 Å². The van der Waals surface area contributed by atoms with Crippen LogP contribution in [0.5, 0.6) is 0 Å². The van der Waals surface area contributed by atoms with E-state index >= 15 is 0 Å². The van der Waals surface area contributed by atoms with Crippen LogP contribution in [-0.2, 0) is 4.74 Å². The number of carbonyl (C=O) groups is 1. The molecule has 3 rings (SSSR count). The molecule has 1 aromatic heterocycles. The third-order valence-electron chi connectivity index (χ3n) is 3.85. The van der Waals surface area contributed by atoms with E-state index in [9.17, 15) is 9.90 Å². The SMILES string of the molecule is Cc1ccc2oc(C(=O)N3CC(CO)OCC3C)cc2c1. The Morgan fingerprint density at radius 1 is 1.43 bits per heavy atom. The van der Waals surface area contributed by atoms with Gasteiger partial charge >= 0.3 is 0 Å². The molecule has 2 atom stereocenters. The molecule has 5 heteroatoms. The van der Waals surface area contributed by atoms with Gasteiger partial charge in [0.15, 0.2) is 5.76 Å². The predicted octanol–water partition coefficient (Wildman–Crippen LogP) is 1.96. The van der Waals surface area contributed by atoms with Gasteiger partial charge in [-0.15, -0.1) is 0 Å². The molecule has 2 heterocycles. The summed E-state index contributed by atoms with van der Waals surface area (Å²) in [5.41, 5.74) is 1.84. The van der Waals surface area contributed by atoms with Gasteiger partial charge in [-0.1, -0.05) is 11.6 Å². The molecule has 1 fully saturated rings. The lowest BCUT2D eigenvalue weighted by Gasteiger charge is -2.36. The van der Waals surface area contributed by atoms with Gasteiger partial charge < -0.3 is 19.2 Å². The highest BCUT2D eigenvalue weighted by molar-refractivity contribution is 5.96. The number of benzene rings is 1. The number of furan rings is 1. The molecule has 2 aromatic rings. The van der Waals surface area contributed by atoms with Crippen molar-refractivity contribution in [2.45, 2.75) is 26.0 Å². The van der Waals surface area contributed by atoms with Gasteiger partial charge in [-0.3, -0.25) is 4.79 Å². The first-order valence-electron chi connectivity index (χ1n) is 7.12. The van der Waals surface area contributed by atoms with Crippen molar-refractivity contribution >= 4 is 16.9 Å². The Kier molecular flexibility index (Phi) is 3.69. The summed E-state index contributed by atoms with van der Waals surface area (Å²) in [6.07, 6.45) is -0.322. The maximum absolute atomic E-state index is 12.6. The highest BCUT2D eigenvalue weighted by Crippen LogP contribution is 2.23. The molecule has 112 valence electrons. The highest BCUT2D eigenvalue weighted by Gasteiger charge is 2.31. The van der Waals surface area contributed by atoms with Crippen LogP contribution in [-0.4, -0.2) is 47.8 Å². The number of amides is 1. The smallest absolute Gasteiger partial charge is 0.290 e. The minimum atomic E-state index is -0.322. The summed E-state index contributed by atoms with van der Waals surface area (Å²) in [6, 6.07) is 7.57. The topological polar surface area (TPSA) is 62.9 Å². The van der Waals surface area contributed by atoms with Gasteiger partial charge in [0.1, 0.15) is 5.58 Å². The monoisotopic (exact) mass is 289 g/mol. The van der Waals surface area contributed by atoms with Gasteiger partial charge in [0.05, 0.1) is 25.4 Å². The molecular weight excluding hydrogens is 270 g/mol. The number of aryl methyl sites for hydroxylation is 1. The summed E-state index contributed by atoms with van der Waals surface area (Å²) in [6.45, 7) is 4.65. The number of aliphatic hydroxyl groups excluding tert-OH is 1. The molecule has 1 aliphatic rings. The molecule has 1 aliphatic heterocycles. The molecule has 0 bridgehead atoms. The number of rotatable bonds is 2. The molecule has 0 saturated carbocycles. The summed E-state index contributed by atoms with van der Waals surface area (Å²) in [5, 5.41) is 10.1. The molecule has 1 saturated heterocycles. The van der Waals surface area contributed by atoms with Crippen LogP contribution in [0.2, 0.25) is 0 Å². The fourth-order valence-corrected chi connectivity index (χ4v) is 2.62. The number of carbonyl (C=O) groups excluding carboxylic acids is 1. The number of fused-ring (bicyclic) bond motifs is 1. The number of hydrogen-bond acceptors (Lipinski definition) is 4. The average molecular weight is 289 g/mol. The maximum atomic E-state index is 12.6. The van der Waals surface area contributed by atoms with Gasteiger partial charge in [0.2, 0.25) is 0 Å². The standard InChI is InChI=1S/C16H19NO4/c1-10-3-4-14-12(5-10)6-15(21-14)16(19)17-7-13(8-18)20-9-11(17)2/h3-6,11,13,18H,7-9H2,1-2H3. The second-order valence-corrected chi connectivity index (χ2v) is 5.60. The van der Waals surface area contributed by atoms with Crippen molar-refractivity contribution in [1.29, 1.82) is 0 Å². The molecule has 0 spiro atoms. The molecule has 0 aliphatic carbocycles. The van der Waals surface area contributed by atoms with Crippen LogP contribution in [0, 0.1) is 6.92 Å². The van der Waals surface area contributed by atoms with Crippen LogP contribution in [0.3, 0.4) is 0 Å². The van der Waals surface area contributed by atoms with Crippen molar-refractivity contribution in [3.63, 3.8) is 0 Å². The Balaban J connectivity index is 1.88. The van der Waals surface area contributed by atoms with E-state index in [1.54, 1.807) is 11.0 Å². The fraction of sp³-hybridized carbons (Fsp3) is 0.438. The predicted molar refractivity (Wildman–Crippen MR) is 78.3 cm³/mol. The Morgan fingerprint density at radius 2 is 2.24 bits per heavy atom. The van der Waals surface area contributed by atoms with Crippen LogP contribution in [0.4, 0.5) is 0 Å². The van der Waals surface area contributed by atoms with Crippen molar-refractivity contribution in [1.82, 2.24) is 4.90 Å². The largest absolute Gasteiger partial charge is 0.451 e. The van der Waals surface area contributed by atoms with Crippen LogP contribution >= 0.6 is 0 Å². The first kappa shape index (κ1) is 14.1. The molecule has 1 amide bonds. The number of aliphatic hydroxyl groups is 1. The highest BCUT2D eigenvalue weighted by atomic mass is 16.5. The quantitative estimate of drug-likeness (QED) is 0.918. The summed E-state index contributed by atoms with van der Waals surface area (Å²) >= 11 is 0. The van der Waals surface area contributed by atoms with Crippen molar-refractivity contribution < 1.29 is 19.1 Å². The molecule has 0 radical (unpaired) electrons. The number of ether oxygens (including phenoxy) is 1. The fourth-order valence-electron chi connectivity index (χ4n) is 2.62. The van der Waals surface area contributed by atoms with Crippen LogP contribution in [0.15, 0.2) is 28.7 Å². The number of nitrogens with zero attached hydrogens (tertiary/aromatic N) is 1. The van der Waals surface area contributed by atoms with Crippen molar-refractivity contribution in [2.75, 3.05) is 19.8 Å². The maximum Gasteiger partial charge on any atom is 0.290 e. The van der Waals surface area contributed by atoms with Gasteiger partial charge in [-0.05, 0) is 32.0 Å².